The Bertz CT molecular complexity index is 2940. The van der Waals surface area contributed by atoms with Crippen LogP contribution in [0.1, 0.15) is 100 Å². The van der Waals surface area contributed by atoms with Gasteiger partial charge >= 0.3 is 0 Å². The first kappa shape index (κ1) is 42.5. The number of hydrogen-bond donors (Lipinski definition) is 0. The maximum atomic E-state index is 15.3. The summed E-state index contributed by atoms with van der Waals surface area (Å²) in [5.74, 6) is 1.49. The van der Waals surface area contributed by atoms with E-state index in [1.807, 2.05) is 24.4 Å². The fourth-order valence-electron chi connectivity index (χ4n) is 9.27. The first-order valence-electron chi connectivity index (χ1n) is 22.0. The summed E-state index contributed by atoms with van der Waals surface area (Å²) in [6.45, 7) is 12.9. The second-order valence-corrected chi connectivity index (χ2v) is 17.4. The zero-order valence-electron chi connectivity index (χ0n) is 36.2. The van der Waals surface area contributed by atoms with E-state index >= 15 is 8.78 Å². The van der Waals surface area contributed by atoms with Crippen molar-refractivity contribution in [2.75, 3.05) is 9.80 Å². The summed E-state index contributed by atoms with van der Waals surface area (Å²) in [4.78, 5) is 9.28. The van der Waals surface area contributed by atoms with Crippen LogP contribution in [-0.4, -0.2) is 9.55 Å². The van der Waals surface area contributed by atoms with Crippen molar-refractivity contribution in [1.82, 2.24) is 9.55 Å². The standard InChI is InChI=1S/C55H49F2N4O.Pt/c1-6-13-36-24-25-58-53(26-36)61-49-19-8-7-16-43(49)44-23-22-41(32-52(44)61)62-42-28-38(37-14-11-15-37)27-40(31-42)59-33-60(51-21-10-9-20-50(51)59)55-45(34(2)3)29-39(30-46(55)35(4)5)54-47(56)17-12-18-48(54)57;/h7-10,12,16-30,33-35,37H,6,11,13-15H2,1-5H3;/q-3;. The minimum Gasteiger partial charge on any atom is -0.509 e. The van der Waals surface area contributed by atoms with Crippen molar-refractivity contribution in [2.45, 2.75) is 84.5 Å². The summed E-state index contributed by atoms with van der Waals surface area (Å²) < 4.78 is 39.6. The first-order chi connectivity index (χ1) is 30.2. The molecule has 5 nitrogen and oxygen atoms in total. The van der Waals surface area contributed by atoms with Crippen LogP contribution in [-0.2, 0) is 27.5 Å². The molecular formula is C55H49F2N4OPt-3. The molecule has 0 amide bonds. The average molecular weight is 1020 g/mol. The van der Waals surface area contributed by atoms with E-state index in [1.165, 1.54) is 35.7 Å². The third kappa shape index (κ3) is 7.73. The Hall–Kier alpha value is -5.78. The van der Waals surface area contributed by atoms with Crippen LogP contribution in [0.2, 0.25) is 0 Å². The number of halogens is 2. The number of rotatable bonds is 11. The van der Waals surface area contributed by atoms with Crippen LogP contribution in [0.4, 0.5) is 31.5 Å². The number of aromatic nitrogens is 2. The number of anilines is 4. The zero-order chi connectivity index (χ0) is 42.6. The van der Waals surface area contributed by atoms with Gasteiger partial charge in [0.25, 0.3) is 0 Å². The van der Waals surface area contributed by atoms with Crippen LogP contribution in [0, 0.1) is 30.4 Å². The third-order valence-corrected chi connectivity index (χ3v) is 12.6. The summed E-state index contributed by atoms with van der Waals surface area (Å²) in [5.41, 5.74) is 10.9. The van der Waals surface area contributed by atoms with Crippen LogP contribution in [0.25, 0.3) is 38.8 Å². The van der Waals surface area contributed by atoms with Gasteiger partial charge in [0.15, 0.2) is 0 Å². The normalized spacial score (nSPS) is 13.9. The van der Waals surface area contributed by atoms with Gasteiger partial charge in [-0.15, -0.1) is 53.6 Å². The fourth-order valence-corrected chi connectivity index (χ4v) is 9.27. The maximum Gasteiger partial charge on any atom is 0.135 e. The molecule has 0 bridgehead atoms. The molecule has 322 valence electrons. The summed E-state index contributed by atoms with van der Waals surface area (Å²) in [6.07, 6.45) is 7.39. The van der Waals surface area contributed by atoms with Crippen molar-refractivity contribution in [1.29, 1.82) is 0 Å². The number of fused-ring (bicyclic) bond motifs is 4. The topological polar surface area (TPSA) is 33.5 Å². The van der Waals surface area contributed by atoms with E-state index in [9.17, 15) is 0 Å². The summed E-state index contributed by atoms with van der Waals surface area (Å²) in [7, 11) is 0. The summed E-state index contributed by atoms with van der Waals surface area (Å²) in [6, 6.07) is 44.9. The molecule has 8 heteroatoms. The van der Waals surface area contributed by atoms with Crippen LogP contribution in [0.15, 0.2) is 121 Å². The van der Waals surface area contributed by atoms with Crippen molar-refractivity contribution in [3.63, 3.8) is 0 Å². The summed E-state index contributed by atoms with van der Waals surface area (Å²) >= 11 is 0. The quantitative estimate of drug-likeness (QED) is 0.121. The van der Waals surface area contributed by atoms with Crippen LogP contribution < -0.4 is 14.5 Å². The molecule has 1 aliphatic heterocycles. The number of benzene rings is 6. The molecule has 1 saturated carbocycles. The Labute approximate surface area is 383 Å². The van der Waals surface area contributed by atoms with Crippen molar-refractivity contribution >= 4 is 44.6 Å². The SMILES string of the molecule is CCCc1ccnc(-n2c3[c-]c(Oc4[c-]c(N5[CH-]N(c6c(C(C)C)cc(-c7c(F)cccc7F)cc6C(C)C)c6ccccc65)cc(C5CCC5)c4)ccc3c3ccccc32)c1.[Pt]. The van der Waals surface area contributed by atoms with E-state index in [2.05, 4.69) is 147 Å². The zero-order valence-corrected chi connectivity index (χ0v) is 38.4. The van der Waals surface area contributed by atoms with Gasteiger partial charge in [0, 0.05) is 61.3 Å². The number of pyridine rings is 1. The molecule has 8 aromatic rings. The predicted molar refractivity (Wildman–Crippen MR) is 248 cm³/mol. The van der Waals surface area contributed by atoms with Gasteiger partial charge in [0.1, 0.15) is 17.5 Å². The van der Waals surface area contributed by atoms with Gasteiger partial charge in [0.05, 0.1) is 5.56 Å². The largest absolute Gasteiger partial charge is 0.509 e. The first-order valence-corrected chi connectivity index (χ1v) is 22.0. The van der Waals surface area contributed by atoms with E-state index in [-0.39, 0.29) is 38.5 Å². The Morgan fingerprint density at radius 3 is 2.13 bits per heavy atom. The number of ether oxygens (including phenoxy) is 1. The smallest absolute Gasteiger partial charge is 0.135 e. The van der Waals surface area contributed by atoms with Gasteiger partial charge in [-0.05, 0) is 119 Å². The Morgan fingerprint density at radius 1 is 0.746 bits per heavy atom. The van der Waals surface area contributed by atoms with Crippen molar-refractivity contribution < 1.29 is 34.6 Å². The molecule has 63 heavy (non-hydrogen) atoms. The number of nitrogens with zero attached hydrogens (tertiary/aromatic N) is 4. The van der Waals surface area contributed by atoms with E-state index in [0.29, 0.717) is 23.0 Å². The van der Waals surface area contributed by atoms with E-state index in [4.69, 9.17) is 9.72 Å². The molecular weight excluding hydrogens is 966 g/mol. The van der Waals surface area contributed by atoms with Crippen LogP contribution in [0.3, 0.4) is 0 Å². The monoisotopic (exact) mass is 1010 g/mol. The van der Waals surface area contributed by atoms with E-state index < -0.39 is 11.6 Å². The fraction of sp³-hybridized carbons (Fsp3) is 0.236. The molecule has 0 N–H and O–H groups in total. The van der Waals surface area contributed by atoms with Crippen molar-refractivity contribution in [2.24, 2.45) is 0 Å². The van der Waals surface area contributed by atoms with E-state index in [0.717, 1.165) is 87.2 Å². The van der Waals surface area contributed by atoms with Gasteiger partial charge < -0.3 is 19.1 Å². The van der Waals surface area contributed by atoms with Crippen molar-refractivity contribution in [3.05, 3.63) is 174 Å². The number of hydrogen-bond acceptors (Lipinski definition) is 4. The third-order valence-electron chi connectivity index (χ3n) is 12.6. The van der Waals surface area contributed by atoms with Crippen LogP contribution >= 0.6 is 0 Å². The molecule has 0 spiro atoms. The molecule has 6 aromatic carbocycles. The molecule has 1 aliphatic carbocycles. The average Bonchev–Trinajstić information content (AvgIpc) is 3.79. The maximum absolute atomic E-state index is 15.3. The molecule has 10 rings (SSSR count). The molecule has 0 unspecified atom stereocenters. The van der Waals surface area contributed by atoms with Gasteiger partial charge in [-0.3, -0.25) is 0 Å². The minimum absolute atomic E-state index is 0. The molecule has 2 aliphatic rings. The molecule has 0 saturated heterocycles. The minimum atomic E-state index is -0.569. The van der Waals surface area contributed by atoms with Crippen molar-refractivity contribution in [3.8, 4) is 28.4 Å². The Balaban J connectivity index is 0.00000504. The summed E-state index contributed by atoms with van der Waals surface area (Å²) in [5, 5.41) is 2.22. The Morgan fingerprint density at radius 2 is 1.44 bits per heavy atom. The van der Waals surface area contributed by atoms with Gasteiger partial charge in [0.2, 0.25) is 0 Å². The molecule has 0 atom stereocenters. The second kappa shape index (κ2) is 17.4. The van der Waals surface area contributed by atoms with Crippen LogP contribution in [0.5, 0.6) is 11.5 Å². The predicted octanol–water partition coefficient (Wildman–Crippen LogP) is 15.4. The van der Waals surface area contributed by atoms with Gasteiger partial charge in [-0.25, -0.2) is 13.8 Å². The molecule has 2 aromatic heterocycles. The van der Waals surface area contributed by atoms with E-state index in [1.54, 1.807) is 0 Å². The molecule has 1 fully saturated rings. The number of aryl methyl sites for hydroxylation is 1. The molecule has 3 heterocycles. The molecule has 0 radical (unpaired) electrons. The second-order valence-electron chi connectivity index (χ2n) is 17.4. The number of para-hydroxylation sites is 3. The van der Waals surface area contributed by atoms with Gasteiger partial charge in [-0.1, -0.05) is 89.4 Å². The van der Waals surface area contributed by atoms with Gasteiger partial charge in [-0.2, -0.15) is 6.07 Å². The Kier molecular flexibility index (Phi) is 11.8.